The third kappa shape index (κ3) is 4.97. The van der Waals surface area contributed by atoms with Gasteiger partial charge < -0.3 is 14.8 Å². The fraction of sp³-hybridized carbons (Fsp3) is 0.125. The Bertz CT molecular complexity index is 1390. The van der Waals surface area contributed by atoms with E-state index < -0.39 is 0 Å². The highest BCUT2D eigenvalue weighted by Crippen LogP contribution is 2.29. The molecule has 1 amide bonds. The van der Waals surface area contributed by atoms with Crippen LogP contribution >= 0.6 is 23.4 Å². The molecule has 3 aromatic carbocycles. The molecule has 0 atom stereocenters. The number of fused-ring (bicyclic) bond motifs is 1. The number of carbonyl (C=O) groups excluding carboxylic acids is 1. The predicted octanol–water partition coefficient (Wildman–Crippen LogP) is 4.79. The summed E-state index contributed by atoms with van der Waals surface area (Å²) < 4.78 is 12.0. The van der Waals surface area contributed by atoms with E-state index in [1.807, 2.05) is 6.07 Å². The van der Waals surface area contributed by atoms with Crippen LogP contribution in [0.1, 0.15) is 0 Å². The largest absolute Gasteiger partial charge is 0.497 e. The number of amides is 1. The minimum Gasteiger partial charge on any atom is -0.497 e. The van der Waals surface area contributed by atoms with Gasteiger partial charge in [-0.2, -0.15) is 0 Å². The van der Waals surface area contributed by atoms with Gasteiger partial charge >= 0.3 is 0 Å². The number of ether oxygens (including phenoxy) is 2. The SMILES string of the molecule is COc1ccc(OC)c(NC(=O)CSc2nc3ccccc3c(=O)n2-c2cccc(Cl)c2)c1. The molecule has 4 rings (SSSR count). The molecule has 7 nitrogen and oxygen atoms in total. The standard InChI is InChI=1S/C24H20ClN3O4S/c1-31-17-10-11-21(32-2)20(13-17)26-22(29)14-33-24-27-19-9-4-3-8-18(19)23(30)28(24)16-7-5-6-15(25)12-16/h3-13H,14H2,1-2H3,(H,26,29). The Morgan fingerprint density at radius 2 is 1.88 bits per heavy atom. The molecule has 33 heavy (non-hydrogen) atoms. The molecule has 1 aromatic heterocycles. The van der Waals surface area contributed by atoms with Crippen LogP contribution in [0, 0.1) is 0 Å². The van der Waals surface area contributed by atoms with Crippen LogP contribution in [0.4, 0.5) is 5.69 Å². The first-order valence-corrected chi connectivity index (χ1v) is 11.3. The van der Waals surface area contributed by atoms with Gasteiger partial charge in [-0.15, -0.1) is 0 Å². The highest BCUT2D eigenvalue weighted by Gasteiger charge is 2.16. The average molecular weight is 482 g/mol. The molecule has 1 heterocycles. The predicted molar refractivity (Wildman–Crippen MR) is 131 cm³/mol. The molecule has 0 spiro atoms. The van der Waals surface area contributed by atoms with Crippen LogP contribution < -0.4 is 20.3 Å². The molecule has 0 aliphatic heterocycles. The first kappa shape index (κ1) is 22.7. The van der Waals surface area contributed by atoms with E-state index in [9.17, 15) is 9.59 Å². The molecule has 0 saturated heterocycles. The second-order valence-corrected chi connectivity index (χ2v) is 8.31. The topological polar surface area (TPSA) is 82.5 Å². The summed E-state index contributed by atoms with van der Waals surface area (Å²) in [6, 6.07) is 19.2. The number of anilines is 1. The third-order valence-electron chi connectivity index (χ3n) is 4.82. The van der Waals surface area contributed by atoms with E-state index in [1.165, 1.54) is 11.7 Å². The van der Waals surface area contributed by atoms with Crippen LogP contribution in [0.15, 0.2) is 76.7 Å². The van der Waals surface area contributed by atoms with Gasteiger partial charge in [0.2, 0.25) is 5.91 Å². The van der Waals surface area contributed by atoms with E-state index >= 15 is 0 Å². The molecule has 0 saturated carbocycles. The van der Waals surface area contributed by atoms with Crippen LogP contribution in [-0.2, 0) is 4.79 Å². The first-order chi connectivity index (χ1) is 16.0. The van der Waals surface area contributed by atoms with Gasteiger partial charge in [-0.3, -0.25) is 14.2 Å². The van der Waals surface area contributed by atoms with E-state index in [2.05, 4.69) is 10.3 Å². The molecule has 0 aliphatic carbocycles. The summed E-state index contributed by atoms with van der Waals surface area (Å²) in [5, 5.41) is 4.18. The van der Waals surface area contributed by atoms with Crippen LogP contribution in [0.5, 0.6) is 11.5 Å². The van der Waals surface area contributed by atoms with Crippen molar-refractivity contribution in [3.8, 4) is 17.2 Å². The number of aromatic nitrogens is 2. The quantitative estimate of drug-likeness (QED) is 0.302. The fourth-order valence-electron chi connectivity index (χ4n) is 3.28. The monoisotopic (exact) mass is 481 g/mol. The smallest absolute Gasteiger partial charge is 0.266 e. The number of methoxy groups -OCH3 is 2. The van der Waals surface area contributed by atoms with Gasteiger partial charge in [-0.25, -0.2) is 4.98 Å². The number of hydrogen-bond donors (Lipinski definition) is 1. The maximum absolute atomic E-state index is 13.3. The third-order valence-corrected chi connectivity index (χ3v) is 6.00. The van der Waals surface area contributed by atoms with Crippen molar-refractivity contribution in [1.82, 2.24) is 9.55 Å². The summed E-state index contributed by atoms with van der Waals surface area (Å²) in [6.45, 7) is 0. The zero-order valence-corrected chi connectivity index (χ0v) is 19.4. The van der Waals surface area contributed by atoms with Crippen molar-refractivity contribution in [2.24, 2.45) is 0 Å². The van der Waals surface area contributed by atoms with Crippen molar-refractivity contribution < 1.29 is 14.3 Å². The number of rotatable bonds is 7. The lowest BCUT2D eigenvalue weighted by atomic mass is 10.2. The van der Waals surface area contributed by atoms with Crippen molar-refractivity contribution in [1.29, 1.82) is 0 Å². The Balaban J connectivity index is 1.66. The van der Waals surface area contributed by atoms with Crippen LogP contribution in [-0.4, -0.2) is 35.4 Å². The minimum absolute atomic E-state index is 0.0196. The van der Waals surface area contributed by atoms with Crippen molar-refractivity contribution in [3.63, 3.8) is 0 Å². The number of carbonyl (C=O) groups is 1. The lowest BCUT2D eigenvalue weighted by Gasteiger charge is -2.14. The highest BCUT2D eigenvalue weighted by atomic mass is 35.5. The van der Waals surface area contributed by atoms with Gasteiger partial charge in [0.25, 0.3) is 5.56 Å². The van der Waals surface area contributed by atoms with Crippen molar-refractivity contribution in [2.75, 3.05) is 25.3 Å². The number of halogens is 1. The molecule has 0 unspecified atom stereocenters. The van der Waals surface area contributed by atoms with Crippen molar-refractivity contribution in [2.45, 2.75) is 5.16 Å². The molecule has 0 radical (unpaired) electrons. The average Bonchev–Trinajstić information content (AvgIpc) is 2.82. The van der Waals surface area contributed by atoms with E-state index in [0.29, 0.717) is 44.0 Å². The molecule has 0 fully saturated rings. The molecule has 9 heteroatoms. The van der Waals surface area contributed by atoms with Gasteiger partial charge in [0.1, 0.15) is 11.5 Å². The second kappa shape index (κ2) is 9.97. The number of nitrogens with zero attached hydrogens (tertiary/aromatic N) is 2. The van der Waals surface area contributed by atoms with E-state index in [1.54, 1.807) is 67.8 Å². The Morgan fingerprint density at radius 1 is 1.06 bits per heavy atom. The zero-order chi connectivity index (χ0) is 23.4. The normalized spacial score (nSPS) is 10.8. The molecule has 1 N–H and O–H groups in total. The lowest BCUT2D eigenvalue weighted by molar-refractivity contribution is -0.113. The van der Waals surface area contributed by atoms with Crippen LogP contribution in [0.25, 0.3) is 16.6 Å². The highest BCUT2D eigenvalue weighted by molar-refractivity contribution is 7.99. The summed E-state index contributed by atoms with van der Waals surface area (Å²) in [7, 11) is 3.07. The van der Waals surface area contributed by atoms with Gasteiger partial charge in [0, 0.05) is 11.1 Å². The van der Waals surface area contributed by atoms with E-state index in [4.69, 9.17) is 21.1 Å². The van der Waals surface area contributed by atoms with Crippen molar-refractivity contribution >= 4 is 45.9 Å². The first-order valence-electron chi connectivity index (χ1n) is 9.92. The molecule has 168 valence electrons. The molecule has 4 aromatic rings. The number of para-hydroxylation sites is 1. The minimum atomic E-state index is -0.286. The summed E-state index contributed by atoms with van der Waals surface area (Å²) in [4.78, 5) is 30.7. The van der Waals surface area contributed by atoms with E-state index in [0.717, 1.165) is 11.8 Å². The molecule has 0 bridgehead atoms. The van der Waals surface area contributed by atoms with E-state index in [-0.39, 0.29) is 17.2 Å². The Labute approximate surface area is 199 Å². The Kier molecular flexibility index (Phi) is 6.86. The number of thioether (sulfide) groups is 1. The summed E-state index contributed by atoms with van der Waals surface area (Å²) in [5.74, 6) is 0.830. The van der Waals surface area contributed by atoms with Crippen molar-refractivity contribution in [3.05, 3.63) is 82.1 Å². The maximum Gasteiger partial charge on any atom is 0.266 e. The summed E-state index contributed by atoms with van der Waals surface area (Å²) >= 11 is 7.31. The van der Waals surface area contributed by atoms with Gasteiger partial charge in [-0.1, -0.05) is 41.6 Å². The van der Waals surface area contributed by atoms with Crippen LogP contribution in [0.2, 0.25) is 5.02 Å². The van der Waals surface area contributed by atoms with Gasteiger partial charge in [0.05, 0.1) is 42.3 Å². The summed E-state index contributed by atoms with van der Waals surface area (Å²) in [6.07, 6.45) is 0. The summed E-state index contributed by atoms with van der Waals surface area (Å²) in [5.41, 5.74) is 1.38. The zero-order valence-electron chi connectivity index (χ0n) is 17.9. The van der Waals surface area contributed by atoms with Gasteiger partial charge in [0.15, 0.2) is 5.16 Å². The number of nitrogens with one attached hydrogen (secondary N) is 1. The Morgan fingerprint density at radius 3 is 2.64 bits per heavy atom. The fourth-order valence-corrected chi connectivity index (χ4v) is 4.28. The number of benzene rings is 3. The maximum atomic E-state index is 13.3. The molecular weight excluding hydrogens is 462 g/mol. The second-order valence-electron chi connectivity index (χ2n) is 6.94. The van der Waals surface area contributed by atoms with Crippen LogP contribution in [0.3, 0.4) is 0 Å². The number of hydrogen-bond acceptors (Lipinski definition) is 6. The Hall–Kier alpha value is -3.49. The lowest BCUT2D eigenvalue weighted by Crippen LogP contribution is -2.23. The molecule has 0 aliphatic rings. The molecular formula is C24H20ClN3O4S. The van der Waals surface area contributed by atoms with Gasteiger partial charge in [-0.05, 0) is 42.5 Å².